The van der Waals surface area contributed by atoms with Crippen LogP contribution in [0.25, 0.3) is 0 Å². The SMILES string of the molecule is CC1CCC(O)(C(O)c2ccccc2C(F)(F)F)CC1. The van der Waals surface area contributed by atoms with E-state index in [9.17, 15) is 23.4 Å². The predicted molar refractivity (Wildman–Crippen MR) is 69.0 cm³/mol. The monoisotopic (exact) mass is 288 g/mol. The summed E-state index contributed by atoms with van der Waals surface area (Å²) in [5, 5.41) is 20.8. The van der Waals surface area contributed by atoms with Crippen LogP contribution in [-0.4, -0.2) is 15.8 Å². The fourth-order valence-electron chi connectivity index (χ4n) is 2.82. The van der Waals surface area contributed by atoms with Crippen LogP contribution in [0.3, 0.4) is 0 Å². The van der Waals surface area contributed by atoms with Crippen LogP contribution in [-0.2, 0) is 6.18 Å². The molecule has 0 aliphatic heterocycles. The average Bonchev–Trinajstić information content (AvgIpc) is 2.40. The van der Waals surface area contributed by atoms with E-state index in [1.54, 1.807) is 0 Å². The maximum Gasteiger partial charge on any atom is 0.416 e. The van der Waals surface area contributed by atoms with Gasteiger partial charge >= 0.3 is 6.18 Å². The minimum absolute atomic E-state index is 0.239. The zero-order valence-corrected chi connectivity index (χ0v) is 11.3. The Morgan fingerprint density at radius 1 is 1.20 bits per heavy atom. The highest BCUT2D eigenvalue weighted by Gasteiger charge is 2.43. The van der Waals surface area contributed by atoms with Gasteiger partial charge in [0.2, 0.25) is 0 Å². The van der Waals surface area contributed by atoms with Crippen molar-refractivity contribution < 1.29 is 23.4 Å². The quantitative estimate of drug-likeness (QED) is 0.871. The topological polar surface area (TPSA) is 40.5 Å². The van der Waals surface area contributed by atoms with Gasteiger partial charge in [0.15, 0.2) is 0 Å². The van der Waals surface area contributed by atoms with Crippen LogP contribution < -0.4 is 0 Å². The molecule has 20 heavy (non-hydrogen) atoms. The molecule has 0 amide bonds. The lowest BCUT2D eigenvalue weighted by Gasteiger charge is -2.39. The van der Waals surface area contributed by atoms with Gasteiger partial charge in [-0.1, -0.05) is 25.1 Å². The molecule has 0 aromatic heterocycles. The van der Waals surface area contributed by atoms with E-state index in [2.05, 4.69) is 0 Å². The summed E-state index contributed by atoms with van der Waals surface area (Å²) >= 11 is 0. The predicted octanol–water partition coefficient (Wildman–Crippen LogP) is 3.68. The Labute approximate surface area is 116 Å². The number of alkyl halides is 3. The molecule has 1 fully saturated rings. The van der Waals surface area contributed by atoms with E-state index in [4.69, 9.17) is 0 Å². The van der Waals surface area contributed by atoms with Gasteiger partial charge < -0.3 is 10.2 Å². The molecule has 0 saturated heterocycles. The van der Waals surface area contributed by atoms with Gasteiger partial charge in [0.05, 0.1) is 11.2 Å². The third-order valence-electron chi connectivity index (χ3n) is 4.21. The van der Waals surface area contributed by atoms with Crippen LogP contribution in [0.4, 0.5) is 13.2 Å². The van der Waals surface area contributed by atoms with Crippen molar-refractivity contribution in [2.75, 3.05) is 0 Å². The minimum atomic E-state index is -4.53. The summed E-state index contributed by atoms with van der Waals surface area (Å²) < 4.78 is 38.9. The molecule has 2 nitrogen and oxygen atoms in total. The molecule has 112 valence electrons. The van der Waals surface area contributed by atoms with Crippen LogP contribution >= 0.6 is 0 Å². The molecule has 1 aromatic rings. The standard InChI is InChI=1S/C15H19F3O2/c1-10-6-8-14(20,9-7-10)13(19)11-4-2-3-5-12(11)15(16,17)18/h2-5,10,13,19-20H,6-9H2,1H3. The van der Waals surface area contributed by atoms with E-state index >= 15 is 0 Å². The van der Waals surface area contributed by atoms with Crippen molar-refractivity contribution in [3.8, 4) is 0 Å². The molecule has 0 spiro atoms. The van der Waals surface area contributed by atoms with Crippen molar-refractivity contribution in [2.45, 2.75) is 50.5 Å². The van der Waals surface area contributed by atoms with Gasteiger partial charge in [-0.2, -0.15) is 13.2 Å². The maximum atomic E-state index is 13.0. The largest absolute Gasteiger partial charge is 0.416 e. The van der Waals surface area contributed by atoms with Gasteiger partial charge in [0.1, 0.15) is 6.10 Å². The van der Waals surface area contributed by atoms with E-state index in [-0.39, 0.29) is 5.56 Å². The van der Waals surface area contributed by atoms with Gasteiger partial charge in [-0.25, -0.2) is 0 Å². The zero-order valence-electron chi connectivity index (χ0n) is 11.3. The lowest BCUT2D eigenvalue weighted by atomic mass is 9.74. The Hall–Kier alpha value is -1.07. The normalized spacial score (nSPS) is 29.2. The van der Waals surface area contributed by atoms with Crippen molar-refractivity contribution in [1.82, 2.24) is 0 Å². The Bertz CT molecular complexity index is 462. The van der Waals surface area contributed by atoms with E-state index < -0.39 is 23.4 Å². The molecular formula is C15H19F3O2. The smallest absolute Gasteiger partial charge is 0.387 e. The number of hydrogen-bond acceptors (Lipinski definition) is 2. The molecule has 2 N–H and O–H groups in total. The highest BCUT2D eigenvalue weighted by molar-refractivity contribution is 5.33. The van der Waals surface area contributed by atoms with Crippen LogP contribution in [0.1, 0.15) is 49.8 Å². The number of aliphatic hydroxyl groups is 2. The molecule has 2 rings (SSSR count). The Morgan fingerprint density at radius 3 is 2.30 bits per heavy atom. The van der Waals surface area contributed by atoms with Gasteiger partial charge in [-0.15, -0.1) is 0 Å². The van der Waals surface area contributed by atoms with Gasteiger partial charge in [0.25, 0.3) is 0 Å². The molecule has 0 heterocycles. The van der Waals surface area contributed by atoms with Gasteiger partial charge in [0, 0.05) is 0 Å². The molecule has 1 aromatic carbocycles. The summed E-state index contributed by atoms with van der Waals surface area (Å²) in [5.41, 5.74) is -2.58. The number of hydrogen-bond donors (Lipinski definition) is 2. The summed E-state index contributed by atoms with van der Waals surface area (Å²) in [4.78, 5) is 0. The highest BCUT2D eigenvalue weighted by atomic mass is 19.4. The van der Waals surface area contributed by atoms with E-state index in [0.29, 0.717) is 31.6 Å². The van der Waals surface area contributed by atoms with Crippen molar-refractivity contribution in [1.29, 1.82) is 0 Å². The molecule has 1 aliphatic rings. The van der Waals surface area contributed by atoms with Gasteiger partial charge in [-0.05, 0) is 43.2 Å². The minimum Gasteiger partial charge on any atom is -0.387 e. The third kappa shape index (κ3) is 2.99. The second kappa shape index (κ2) is 5.37. The Balaban J connectivity index is 2.32. The van der Waals surface area contributed by atoms with Crippen LogP contribution in [0.5, 0.6) is 0 Å². The number of aliphatic hydroxyl groups excluding tert-OH is 1. The molecule has 0 radical (unpaired) electrons. The number of halogens is 3. The summed E-state index contributed by atoms with van der Waals surface area (Å²) in [5.74, 6) is 0.431. The fourth-order valence-corrected chi connectivity index (χ4v) is 2.82. The van der Waals surface area contributed by atoms with E-state index in [1.807, 2.05) is 6.92 Å². The van der Waals surface area contributed by atoms with Crippen LogP contribution in [0.15, 0.2) is 24.3 Å². The summed E-state index contributed by atoms with van der Waals surface area (Å²) in [6.45, 7) is 2.04. The number of benzene rings is 1. The first-order valence-electron chi connectivity index (χ1n) is 6.80. The second-order valence-corrected chi connectivity index (χ2v) is 5.77. The molecule has 1 saturated carbocycles. The Kier molecular flexibility index (Phi) is 4.12. The molecule has 1 aliphatic carbocycles. The summed E-state index contributed by atoms with van der Waals surface area (Å²) in [7, 11) is 0. The molecule has 1 atom stereocenters. The third-order valence-corrected chi connectivity index (χ3v) is 4.21. The first kappa shape index (κ1) is 15.3. The summed E-state index contributed by atoms with van der Waals surface area (Å²) in [6, 6.07) is 4.91. The lowest BCUT2D eigenvalue weighted by molar-refractivity contribution is -0.144. The van der Waals surface area contributed by atoms with Crippen molar-refractivity contribution in [2.24, 2.45) is 5.92 Å². The maximum absolute atomic E-state index is 13.0. The first-order chi connectivity index (χ1) is 9.24. The van der Waals surface area contributed by atoms with E-state index in [0.717, 1.165) is 6.07 Å². The van der Waals surface area contributed by atoms with Gasteiger partial charge in [-0.3, -0.25) is 0 Å². The molecule has 5 heteroatoms. The molecule has 1 unspecified atom stereocenters. The molecular weight excluding hydrogens is 269 g/mol. The first-order valence-corrected chi connectivity index (χ1v) is 6.80. The summed E-state index contributed by atoms with van der Waals surface area (Å²) in [6.07, 6.45) is -3.98. The van der Waals surface area contributed by atoms with Crippen LogP contribution in [0, 0.1) is 5.92 Å². The number of rotatable bonds is 2. The average molecular weight is 288 g/mol. The van der Waals surface area contributed by atoms with E-state index in [1.165, 1.54) is 18.2 Å². The van der Waals surface area contributed by atoms with Crippen molar-refractivity contribution in [3.63, 3.8) is 0 Å². The molecule has 0 bridgehead atoms. The van der Waals surface area contributed by atoms with Crippen molar-refractivity contribution in [3.05, 3.63) is 35.4 Å². The fraction of sp³-hybridized carbons (Fsp3) is 0.600. The highest BCUT2D eigenvalue weighted by Crippen LogP contribution is 2.43. The van der Waals surface area contributed by atoms with Crippen LogP contribution in [0.2, 0.25) is 0 Å². The lowest BCUT2D eigenvalue weighted by Crippen LogP contribution is -2.40. The zero-order chi connectivity index (χ0) is 15.0. The Morgan fingerprint density at radius 2 is 1.75 bits per heavy atom. The second-order valence-electron chi connectivity index (χ2n) is 5.77. The van der Waals surface area contributed by atoms with Crippen molar-refractivity contribution >= 4 is 0 Å².